The molecular weight excluding hydrogens is 144 g/mol. The van der Waals surface area contributed by atoms with Crippen molar-refractivity contribution >= 4 is 0 Å². The highest BCUT2D eigenvalue weighted by Gasteiger charge is 1.85. The zero-order valence-corrected chi connectivity index (χ0v) is 8.18. The molecule has 0 N–H and O–H groups in total. The van der Waals surface area contributed by atoms with Crippen molar-refractivity contribution < 1.29 is 0 Å². The molecule has 0 aliphatic carbocycles. The third kappa shape index (κ3) is 9.26. The first kappa shape index (κ1) is 11.3. The van der Waals surface area contributed by atoms with Crippen molar-refractivity contribution in [3.8, 4) is 0 Å². The van der Waals surface area contributed by atoms with Gasteiger partial charge in [0.25, 0.3) is 0 Å². The first-order valence-corrected chi connectivity index (χ1v) is 4.92. The van der Waals surface area contributed by atoms with Crippen molar-refractivity contribution in [3.63, 3.8) is 0 Å². The maximum atomic E-state index is 3.49. The molecule has 0 nitrogen and oxygen atoms in total. The van der Waals surface area contributed by atoms with Crippen LogP contribution in [0.25, 0.3) is 0 Å². The topological polar surface area (TPSA) is 0 Å². The van der Waals surface area contributed by atoms with E-state index >= 15 is 0 Å². The molecule has 0 atom stereocenters. The van der Waals surface area contributed by atoms with E-state index in [4.69, 9.17) is 0 Å². The van der Waals surface area contributed by atoms with Crippen LogP contribution in [0.15, 0.2) is 30.5 Å². The lowest BCUT2D eigenvalue weighted by molar-refractivity contribution is 0.637. The first-order chi connectivity index (χ1) is 5.91. The molecule has 0 fully saturated rings. The minimum Gasteiger partial charge on any atom is -0.129 e. The minimum atomic E-state index is 1.20. The molecule has 0 radical (unpaired) electrons. The fourth-order valence-electron chi connectivity index (χ4n) is 1.10. The summed E-state index contributed by atoms with van der Waals surface area (Å²) in [6.07, 6.45) is 14.1. The molecule has 12 heavy (non-hydrogen) atoms. The zero-order chi connectivity index (χ0) is 9.07. The largest absolute Gasteiger partial charge is 0.129 e. The Morgan fingerprint density at radius 3 is 2.58 bits per heavy atom. The van der Waals surface area contributed by atoms with Crippen LogP contribution < -0.4 is 0 Å². The van der Waals surface area contributed by atoms with Gasteiger partial charge in [-0.3, -0.25) is 0 Å². The molecule has 0 aliphatic heterocycles. The van der Waals surface area contributed by atoms with Gasteiger partial charge in [-0.2, -0.15) is 0 Å². The Kier molecular flexibility index (Phi) is 9.63. The van der Waals surface area contributed by atoms with Crippen molar-refractivity contribution in [2.75, 3.05) is 0 Å². The van der Waals surface area contributed by atoms with Gasteiger partial charge in [0.05, 0.1) is 0 Å². The molecule has 0 saturated carbocycles. The third-order valence-corrected chi connectivity index (χ3v) is 1.82. The van der Waals surface area contributed by atoms with Gasteiger partial charge >= 0.3 is 0 Å². The third-order valence-electron chi connectivity index (χ3n) is 1.82. The second-order valence-electron chi connectivity index (χ2n) is 3.00. The number of allylic oxidation sites excluding steroid dienone is 3. The van der Waals surface area contributed by atoms with Gasteiger partial charge in [0.15, 0.2) is 0 Å². The molecule has 0 heteroatoms. The molecule has 0 aromatic rings. The van der Waals surface area contributed by atoms with Gasteiger partial charge < -0.3 is 0 Å². The number of hydrogen-bond acceptors (Lipinski definition) is 0. The van der Waals surface area contributed by atoms with Crippen LogP contribution in [-0.2, 0) is 0 Å². The molecule has 0 spiro atoms. The van der Waals surface area contributed by atoms with Crippen LogP contribution in [0, 0.1) is 0 Å². The molecular formula is C12H20. The molecule has 0 aliphatic rings. The van der Waals surface area contributed by atoms with Crippen molar-refractivity contribution in [2.45, 2.75) is 45.4 Å². The van der Waals surface area contributed by atoms with Crippen molar-refractivity contribution in [1.29, 1.82) is 0 Å². The average Bonchev–Trinajstić information content (AvgIpc) is 2.10. The van der Waals surface area contributed by atoms with Gasteiger partial charge in [-0.05, 0) is 18.9 Å². The number of hydrogen-bond donors (Lipinski definition) is 0. The molecule has 0 saturated heterocycles. The summed E-state index contributed by atoms with van der Waals surface area (Å²) in [5.41, 5.74) is 2.72. The van der Waals surface area contributed by atoms with Gasteiger partial charge in [-0.1, -0.05) is 51.3 Å². The molecule has 0 aromatic heterocycles. The van der Waals surface area contributed by atoms with Crippen molar-refractivity contribution in [3.05, 3.63) is 30.5 Å². The highest BCUT2D eigenvalue weighted by molar-refractivity contribution is 4.99. The van der Waals surface area contributed by atoms with Gasteiger partial charge in [0.1, 0.15) is 0 Å². The summed E-state index contributed by atoms with van der Waals surface area (Å²) >= 11 is 0. The van der Waals surface area contributed by atoms with Crippen LogP contribution in [0.5, 0.6) is 0 Å². The fraction of sp³-hybridized carbons (Fsp3) is 0.583. The van der Waals surface area contributed by atoms with E-state index < -0.39 is 0 Å². The van der Waals surface area contributed by atoms with Crippen LogP contribution in [0.3, 0.4) is 0 Å². The molecule has 0 unspecified atom stereocenters. The van der Waals surface area contributed by atoms with E-state index in [1.54, 1.807) is 0 Å². The smallest absolute Gasteiger partial charge is 0.0209 e. The quantitative estimate of drug-likeness (QED) is 0.300. The SMILES string of the molecule is C=C=CC=CCCCCCCC. The van der Waals surface area contributed by atoms with E-state index in [9.17, 15) is 0 Å². The van der Waals surface area contributed by atoms with Gasteiger partial charge in [0.2, 0.25) is 0 Å². The summed E-state index contributed by atoms with van der Waals surface area (Å²) < 4.78 is 0. The highest BCUT2D eigenvalue weighted by atomic mass is 13.9. The first-order valence-electron chi connectivity index (χ1n) is 4.92. The van der Waals surface area contributed by atoms with Crippen LogP contribution in [-0.4, -0.2) is 0 Å². The summed E-state index contributed by atoms with van der Waals surface area (Å²) in [4.78, 5) is 0. The Hall–Kier alpha value is -0.740. The van der Waals surface area contributed by atoms with Gasteiger partial charge in [-0.15, -0.1) is 5.73 Å². The summed E-state index contributed by atoms with van der Waals surface area (Å²) in [5.74, 6) is 0. The Labute approximate surface area is 76.7 Å². The molecule has 0 heterocycles. The van der Waals surface area contributed by atoms with E-state index in [2.05, 4.69) is 25.3 Å². The van der Waals surface area contributed by atoms with Crippen molar-refractivity contribution in [1.82, 2.24) is 0 Å². The molecule has 68 valence electrons. The average molecular weight is 164 g/mol. The maximum absolute atomic E-state index is 3.49. The van der Waals surface area contributed by atoms with Gasteiger partial charge in [-0.25, -0.2) is 0 Å². The minimum absolute atomic E-state index is 1.20. The lowest BCUT2D eigenvalue weighted by Gasteiger charge is -1.95. The summed E-state index contributed by atoms with van der Waals surface area (Å²) in [6.45, 7) is 5.73. The zero-order valence-electron chi connectivity index (χ0n) is 8.18. The summed E-state index contributed by atoms with van der Waals surface area (Å²) in [5, 5.41) is 0. The Balaban J connectivity index is 3.04. The summed E-state index contributed by atoms with van der Waals surface area (Å²) in [7, 11) is 0. The Morgan fingerprint density at radius 1 is 1.17 bits per heavy atom. The van der Waals surface area contributed by atoms with E-state index in [0.29, 0.717) is 0 Å². The highest BCUT2D eigenvalue weighted by Crippen LogP contribution is 2.04. The van der Waals surface area contributed by atoms with Crippen LogP contribution in [0.4, 0.5) is 0 Å². The predicted octanol–water partition coefficient (Wildman–Crippen LogP) is 4.24. The number of unbranched alkanes of at least 4 members (excludes halogenated alkanes) is 5. The van der Waals surface area contributed by atoms with E-state index in [1.807, 2.05) is 12.2 Å². The number of rotatable bonds is 7. The monoisotopic (exact) mass is 164 g/mol. The molecule has 0 bridgehead atoms. The standard InChI is InChI=1S/C12H20/c1-3-5-7-9-11-12-10-8-6-4-2/h5,7,9H,1,4,6,8,10-12H2,2H3. The lowest BCUT2D eigenvalue weighted by Crippen LogP contribution is -1.75. The molecule has 0 amide bonds. The van der Waals surface area contributed by atoms with E-state index in [1.165, 1.54) is 38.5 Å². The van der Waals surface area contributed by atoms with Crippen LogP contribution in [0.2, 0.25) is 0 Å². The van der Waals surface area contributed by atoms with E-state index in [0.717, 1.165) is 0 Å². The summed E-state index contributed by atoms with van der Waals surface area (Å²) in [6, 6.07) is 0. The van der Waals surface area contributed by atoms with E-state index in [-0.39, 0.29) is 0 Å². The normalized spacial score (nSPS) is 10.1. The van der Waals surface area contributed by atoms with Crippen LogP contribution in [0.1, 0.15) is 45.4 Å². The maximum Gasteiger partial charge on any atom is -0.0209 e. The predicted molar refractivity (Wildman–Crippen MR) is 56.2 cm³/mol. The molecule has 0 rings (SSSR count). The Morgan fingerprint density at radius 2 is 1.92 bits per heavy atom. The van der Waals surface area contributed by atoms with Gasteiger partial charge in [0, 0.05) is 0 Å². The lowest BCUT2D eigenvalue weighted by atomic mass is 10.1. The second-order valence-corrected chi connectivity index (χ2v) is 3.00. The molecule has 0 aromatic carbocycles. The van der Waals surface area contributed by atoms with Crippen LogP contribution >= 0.6 is 0 Å². The second kappa shape index (κ2) is 10.3. The Bertz CT molecular complexity index is 147. The fourth-order valence-corrected chi connectivity index (χ4v) is 1.10. The van der Waals surface area contributed by atoms with Crippen molar-refractivity contribution in [2.24, 2.45) is 0 Å².